The number of nitrogen functional groups attached to an aromatic ring is 1. The minimum atomic E-state index is -0.399. The molecule has 2 aromatic rings. The fourth-order valence-electron chi connectivity index (χ4n) is 1.68. The predicted molar refractivity (Wildman–Crippen MR) is 81.1 cm³/mol. The maximum atomic E-state index is 13.5. The molecule has 6 heteroatoms. The molecule has 0 unspecified atom stereocenters. The molecule has 0 bridgehead atoms. The SMILES string of the molecule is Nc1c(Cl)cccc1C(=O)NCc1cc(Br)ccc1F. The summed E-state index contributed by atoms with van der Waals surface area (Å²) in [5, 5.41) is 2.92. The van der Waals surface area contributed by atoms with Gasteiger partial charge < -0.3 is 11.1 Å². The highest BCUT2D eigenvalue weighted by atomic mass is 79.9. The Bertz CT molecular complexity index is 664. The second kappa shape index (κ2) is 6.24. The molecular formula is C14H11BrClFN2O. The summed E-state index contributed by atoms with van der Waals surface area (Å²) in [5.74, 6) is -0.781. The molecule has 0 aliphatic rings. The molecule has 0 aliphatic heterocycles. The maximum Gasteiger partial charge on any atom is 0.253 e. The number of carbonyl (C=O) groups excluding carboxylic acids is 1. The van der Waals surface area contributed by atoms with Crippen molar-refractivity contribution in [3.8, 4) is 0 Å². The lowest BCUT2D eigenvalue weighted by atomic mass is 10.1. The highest BCUT2D eigenvalue weighted by molar-refractivity contribution is 9.10. The third kappa shape index (κ3) is 3.29. The molecular weight excluding hydrogens is 347 g/mol. The number of para-hydroxylation sites is 1. The molecule has 0 heterocycles. The number of benzene rings is 2. The van der Waals surface area contributed by atoms with Gasteiger partial charge in [0, 0.05) is 16.6 Å². The number of halogens is 3. The van der Waals surface area contributed by atoms with Crippen LogP contribution in [0.2, 0.25) is 5.02 Å². The van der Waals surface area contributed by atoms with E-state index < -0.39 is 5.91 Å². The van der Waals surface area contributed by atoms with Crippen LogP contribution in [0.3, 0.4) is 0 Å². The van der Waals surface area contributed by atoms with Crippen molar-refractivity contribution in [3.05, 3.63) is 62.8 Å². The summed E-state index contributed by atoms with van der Waals surface area (Å²) in [5.41, 5.74) is 6.60. The molecule has 0 aliphatic carbocycles. The van der Waals surface area contributed by atoms with Crippen molar-refractivity contribution in [2.45, 2.75) is 6.54 Å². The molecule has 1 amide bonds. The molecule has 0 atom stereocenters. The van der Waals surface area contributed by atoms with Gasteiger partial charge in [-0.25, -0.2) is 4.39 Å². The van der Waals surface area contributed by atoms with Gasteiger partial charge in [-0.1, -0.05) is 33.6 Å². The van der Waals surface area contributed by atoms with Crippen LogP contribution in [0.15, 0.2) is 40.9 Å². The first-order chi connectivity index (χ1) is 9.49. The van der Waals surface area contributed by atoms with E-state index in [-0.39, 0.29) is 23.6 Å². The number of amides is 1. The van der Waals surface area contributed by atoms with Crippen LogP contribution in [0.4, 0.5) is 10.1 Å². The van der Waals surface area contributed by atoms with Crippen molar-refractivity contribution in [2.75, 3.05) is 5.73 Å². The van der Waals surface area contributed by atoms with Crippen LogP contribution in [0, 0.1) is 5.82 Å². The average molecular weight is 358 g/mol. The van der Waals surface area contributed by atoms with Crippen LogP contribution >= 0.6 is 27.5 Å². The van der Waals surface area contributed by atoms with Crippen molar-refractivity contribution >= 4 is 39.1 Å². The van der Waals surface area contributed by atoms with Gasteiger partial charge >= 0.3 is 0 Å². The van der Waals surface area contributed by atoms with Gasteiger partial charge in [-0.3, -0.25) is 4.79 Å². The number of nitrogens with two attached hydrogens (primary N) is 1. The van der Waals surface area contributed by atoms with Crippen molar-refractivity contribution in [2.24, 2.45) is 0 Å². The first-order valence-electron chi connectivity index (χ1n) is 5.75. The van der Waals surface area contributed by atoms with Gasteiger partial charge in [0.15, 0.2) is 0 Å². The van der Waals surface area contributed by atoms with E-state index in [2.05, 4.69) is 21.2 Å². The van der Waals surface area contributed by atoms with Gasteiger partial charge in [-0.05, 0) is 30.3 Å². The second-order valence-corrected chi connectivity index (χ2v) is 5.44. The summed E-state index contributed by atoms with van der Waals surface area (Å²) in [6.45, 7) is 0.0655. The molecule has 20 heavy (non-hydrogen) atoms. The Hall–Kier alpha value is -1.59. The molecule has 0 fully saturated rings. The largest absolute Gasteiger partial charge is 0.397 e. The number of carbonyl (C=O) groups is 1. The first kappa shape index (κ1) is 14.8. The van der Waals surface area contributed by atoms with Gasteiger partial charge in [-0.2, -0.15) is 0 Å². The minimum absolute atomic E-state index is 0.0655. The predicted octanol–water partition coefficient (Wildman–Crippen LogP) is 3.75. The minimum Gasteiger partial charge on any atom is -0.397 e. The molecule has 2 rings (SSSR count). The summed E-state index contributed by atoms with van der Waals surface area (Å²) in [6, 6.07) is 9.33. The fourth-order valence-corrected chi connectivity index (χ4v) is 2.27. The topological polar surface area (TPSA) is 55.1 Å². The Morgan fingerprint density at radius 3 is 2.85 bits per heavy atom. The highest BCUT2D eigenvalue weighted by Crippen LogP contribution is 2.22. The molecule has 0 spiro atoms. The van der Waals surface area contributed by atoms with E-state index in [1.807, 2.05) is 0 Å². The Balaban J connectivity index is 2.13. The van der Waals surface area contributed by atoms with Crippen molar-refractivity contribution < 1.29 is 9.18 Å². The van der Waals surface area contributed by atoms with Crippen LogP contribution in [0.25, 0.3) is 0 Å². The van der Waals surface area contributed by atoms with E-state index in [0.717, 1.165) is 4.47 Å². The van der Waals surface area contributed by atoms with Crippen LogP contribution < -0.4 is 11.1 Å². The van der Waals surface area contributed by atoms with Crippen LogP contribution in [-0.4, -0.2) is 5.91 Å². The summed E-state index contributed by atoms with van der Waals surface area (Å²) < 4.78 is 14.3. The average Bonchev–Trinajstić information content (AvgIpc) is 2.42. The third-order valence-corrected chi connectivity index (χ3v) is 3.57. The molecule has 0 saturated carbocycles. The number of nitrogens with one attached hydrogen (secondary N) is 1. The zero-order chi connectivity index (χ0) is 14.7. The third-order valence-electron chi connectivity index (χ3n) is 2.74. The summed E-state index contributed by atoms with van der Waals surface area (Å²) in [4.78, 5) is 12.0. The van der Waals surface area contributed by atoms with Gasteiger partial charge in [0.25, 0.3) is 5.91 Å². The van der Waals surface area contributed by atoms with Gasteiger partial charge in [0.1, 0.15) is 5.82 Å². The van der Waals surface area contributed by atoms with E-state index in [0.29, 0.717) is 10.6 Å². The summed E-state index contributed by atoms with van der Waals surface area (Å²) in [7, 11) is 0. The van der Waals surface area contributed by atoms with E-state index >= 15 is 0 Å². The zero-order valence-electron chi connectivity index (χ0n) is 10.3. The van der Waals surface area contributed by atoms with Gasteiger partial charge in [0.05, 0.1) is 16.3 Å². The second-order valence-electron chi connectivity index (χ2n) is 4.12. The zero-order valence-corrected chi connectivity index (χ0v) is 12.6. The molecule has 3 nitrogen and oxygen atoms in total. The Kier molecular flexibility index (Phi) is 4.62. The van der Waals surface area contributed by atoms with Crippen LogP contribution in [-0.2, 0) is 6.54 Å². The van der Waals surface area contributed by atoms with E-state index in [1.165, 1.54) is 6.07 Å². The number of hydrogen-bond donors (Lipinski definition) is 2. The van der Waals surface area contributed by atoms with Crippen molar-refractivity contribution in [1.82, 2.24) is 5.32 Å². The monoisotopic (exact) mass is 356 g/mol. The standard InChI is InChI=1S/C14H11BrClFN2O/c15-9-4-5-12(17)8(6-9)7-19-14(20)10-2-1-3-11(16)13(10)18/h1-6H,7,18H2,(H,19,20). The number of anilines is 1. The van der Waals surface area contributed by atoms with E-state index in [4.69, 9.17) is 17.3 Å². The maximum absolute atomic E-state index is 13.5. The molecule has 0 aromatic heterocycles. The van der Waals surface area contributed by atoms with Crippen molar-refractivity contribution in [3.63, 3.8) is 0 Å². The quantitative estimate of drug-likeness (QED) is 0.822. The van der Waals surface area contributed by atoms with E-state index in [9.17, 15) is 9.18 Å². The highest BCUT2D eigenvalue weighted by Gasteiger charge is 2.12. The molecule has 3 N–H and O–H groups in total. The first-order valence-corrected chi connectivity index (χ1v) is 6.92. The molecule has 0 radical (unpaired) electrons. The Labute approximate surface area is 129 Å². The summed E-state index contributed by atoms with van der Waals surface area (Å²) in [6.07, 6.45) is 0. The molecule has 2 aromatic carbocycles. The lowest BCUT2D eigenvalue weighted by Gasteiger charge is -2.09. The summed E-state index contributed by atoms with van der Waals surface area (Å²) >= 11 is 9.10. The van der Waals surface area contributed by atoms with Gasteiger partial charge in [-0.15, -0.1) is 0 Å². The Morgan fingerprint density at radius 1 is 1.35 bits per heavy atom. The fraction of sp³-hybridized carbons (Fsp3) is 0.0714. The smallest absolute Gasteiger partial charge is 0.253 e. The molecule has 104 valence electrons. The van der Waals surface area contributed by atoms with Crippen molar-refractivity contribution in [1.29, 1.82) is 0 Å². The van der Waals surface area contributed by atoms with Gasteiger partial charge in [0.2, 0.25) is 0 Å². The van der Waals surface area contributed by atoms with Crippen LogP contribution in [0.1, 0.15) is 15.9 Å². The number of rotatable bonds is 3. The van der Waals surface area contributed by atoms with Crippen LogP contribution in [0.5, 0.6) is 0 Å². The lowest BCUT2D eigenvalue weighted by Crippen LogP contribution is -2.24. The van der Waals surface area contributed by atoms with E-state index in [1.54, 1.807) is 30.3 Å². The normalized spacial score (nSPS) is 10.3. The Morgan fingerprint density at radius 2 is 2.10 bits per heavy atom. The lowest BCUT2D eigenvalue weighted by molar-refractivity contribution is 0.0951. The number of hydrogen-bond acceptors (Lipinski definition) is 2. The molecule has 0 saturated heterocycles.